The van der Waals surface area contributed by atoms with Crippen molar-refractivity contribution in [3.8, 4) is 11.5 Å². The van der Waals surface area contributed by atoms with Gasteiger partial charge in [-0.2, -0.15) is 5.10 Å². The molecule has 0 saturated carbocycles. The Morgan fingerprint density at radius 1 is 1.50 bits per heavy atom. The topological polar surface area (TPSA) is 69.6 Å². The lowest BCUT2D eigenvalue weighted by atomic mass is 10.2. The summed E-state index contributed by atoms with van der Waals surface area (Å²) >= 11 is 0. The summed E-state index contributed by atoms with van der Waals surface area (Å²) in [5, 5.41) is 3.81. The van der Waals surface area contributed by atoms with Crippen LogP contribution in [0.25, 0.3) is 17.1 Å². The number of carbonyl (C=O) groups excluding carboxylic acids is 1. The Balaban J connectivity index is 2.23. The zero-order chi connectivity index (χ0) is 15.7. The molecule has 114 valence electrons. The number of ether oxygens (including phenoxy) is 1. The lowest BCUT2D eigenvalue weighted by molar-refractivity contribution is 0.0528. The highest BCUT2D eigenvalue weighted by molar-refractivity contribution is 5.95. The minimum absolute atomic E-state index is 0.00245. The van der Waals surface area contributed by atoms with Gasteiger partial charge in [-0.05, 0) is 25.1 Å². The van der Waals surface area contributed by atoms with Crippen LogP contribution in [0.5, 0.6) is 0 Å². The first-order valence-corrected chi connectivity index (χ1v) is 6.49. The molecule has 0 fully saturated rings. The highest BCUT2D eigenvalue weighted by Gasteiger charge is 2.22. The van der Waals surface area contributed by atoms with E-state index in [4.69, 9.17) is 9.15 Å². The number of esters is 1. The molecular formula is C14H11F2N3O3. The Labute approximate surface area is 123 Å². The molecule has 0 aliphatic carbocycles. The molecular weight excluding hydrogens is 296 g/mol. The number of alkyl halides is 2. The van der Waals surface area contributed by atoms with Crippen molar-refractivity contribution in [1.29, 1.82) is 0 Å². The Morgan fingerprint density at radius 2 is 2.32 bits per heavy atom. The molecule has 0 saturated heterocycles. The molecule has 8 heteroatoms. The van der Waals surface area contributed by atoms with Crippen molar-refractivity contribution in [3.63, 3.8) is 0 Å². The number of rotatable bonds is 4. The van der Waals surface area contributed by atoms with E-state index in [9.17, 15) is 13.6 Å². The molecule has 0 aliphatic heterocycles. The molecule has 3 aromatic heterocycles. The molecule has 0 amide bonds. The van der Waals surface area contributed by atoms with Gasteiger partial charge in [0.05, 0.1) is 19.1 Å². The predicted octanol–water partition coefficient (Wildman–Crippen LogP) is 3.10. The third-order valence-electron chi connectivity index (χ3n) is 2.99. The molecule has 0 N–H and O–H groups in total. The molecule has 0 unspecified atom stereocenters. The number of hydrogen-bond acceptors (Lipinski definition) is 5. The molecule has 0 atom stereocenters. The van der Waals surface area contributed by atoms with Crippen LogP contribution in [0.3, 0.4) is 0 Å². The zero-order valence-corrected chi connectivity index (χ0v) is 11.5. The summed E-state index contributed by atoms with van der Waals surface area (Å²) in [6.45, 7) is 1.81. The van der Waals surface area contributed by atoms with Gasteiger partial charge in [0.15, 0.2) is 11.4 Å². The SMILES string of the molecule is CCOC(=O)c1cnn2c(C(F)F)cc(-c3ccco3)nc12. The van der Waals surface area contributed by atoms with Gasteiger partial charge in [-0.3, -0.25) is 0 Å². The smallest absolute Gasteiger partial charge is 0.343 e. The highest BCUT2D eigenvalue weighted by Crippen LogP contribution is 2.27. The van der Waals surface area contributed by atoms with Crippen molar-refractivity contribution in [2.45, 2.75) is 13.3 Å². The number of furan rings is 1. The summed E-state index contributed by atoms with van der Waals surface area (Å²) in [5.41, 5.74) is -0.161. The van der Waals surface area contributed by atoms with E-state index < -0.39 is 12.4 Å². The Kier molecular flexibility index (Phi) is 3.58. The fourth-order valence-electron chi connectivity index (χ4n) is 2.04. The van der Waals surface area contributed by atoms with Gasteiger partial charge < -0.3 is 9.15 Å². The van der Waals surface area contributed by atoms with E-state index in [0.717, 1.165) is 10.7 Å². The second kappa shape index (κ2) is 5.55. The number of carbonyl (C=O) groups is 1. The molecule has 0 bridgehead atoms. The van der Waals surface area contributed by atoms with Crippen LogP contribution in [0.4, 0.5) is 8.78 Å². The maximum atomic E-state index is 13.2. The lowest BCUT2D eigenvalue weighted by Crippen LogP contribution is -2.07. The van der Waals surface area contributed by atoms with Crippen LogP contribution in [0, 0.1) is 0 Å². The van der Waals surface area contributed by atoms with Gasteiger partial charge in [0.25, 0.3) is 6.43 Å². The summed E-state index contributed by atoms with van der Waals surface area (Å²) in [4.78, 5) is 16.1. The molecule has 6 nitrogen and oxygen atoms in total. The first-order valence-electron chi connectivity index (χ1n) is 6.49. The Hall–Kier alpha value is -2.77. The predicted molar refractivity (Wildman–Crippen MR) is 71.6 cm³/mol. The second-order valence-electron chi connectivity index (χ2n) is 4.36. The maximum Gasteiger partial charge on any atom is 0.343 e. The fourth-order valence-corrected chi connectivity index (χ4v) is 2.04. The van der Waals surface area contributed by atoms with Crippen molar-refractivity contribution in [2.24, 2.45) is 0 Å². The monoisotopic (exact) mass is 307 g/mol. The summed E-state index contributed by atoms with van der Waals surface area (Å²) in [7, 11) is 0. The van der Waals surface area contributed by atoms with Crippen LogP contribution < -0.4 is 0 Å². The van der Waals surface area contributed by atoms with Crippen LogP contribution in [0.15, 0.2) is 35.1 Å². The van der Waals surface area contributed by atoms with E-state index in [0.29, 0.717) is 5.76 Å². The van der Waals surface area contributed by atoms with Crippen molar-refractivity contribution < 1.29 is 22.7 Å². The van der Waals surface area contributed by atoms with Crippen molar-refractivity contribution in [1.82, 2.24) is 14.6 Å². The minimum Gasteiger partial charge on any atom is -0.463 e. The van der Waals surface area contributed by atoms with Gasteiger partial charge in [0.1, 0.15) is 17.0 Å². The van der Waals surface area contributed by atoms with Gasteiger partial charge in [-0.25, -0.2) is 23.1 Å². The Bertz CT molecular complexity index is 812. The largest absolute Gasteiger partial charge is 0.463 e. The molecule has 3 rings (SSSR count). The van der Waals surface area contributed by atoms with E-state index in [-0.39, 0.29) is 29.2 Å². The quantitative estimate of drug-likeness (QED) is 0.693. The van der Waals surface area contributed by atoms with Gasteiger partial charge in [-0.1, -0.05) is 0 Å². The summed E-state index contributed by atoms with van der Waals surface area (Å²) in [6.07, 6.45) is -0.210. The molecule has 0 spiro atoms. The van der Waals surface area contributed by atoms with E-state index in [1.165, 1.54) is 12.3 Å². The number of nitrogens with zero attached hydrogens (tertiary/aromatic N) is 3. The molecule has 3 aromatic rings. The molecule has 0 aromatic carbocycles. The molecule has 0 aliphatic rings. The summed E-state index contributed by atoms with van der Waals surface area (Å²) in [6, 6.07) is 4.39. The number of hydrogen-bond donors (Lipinski definition) is 0. The van der Waals surface area contributed by atoms with Crippen molar-refractivity contribution in [3.05, 3.63) is 41.9 Å². The Morgan fingerprint density at radius 3 is 2.95 bits per heavy atom. The first kappa shape index (κ1) is 14.2. The van der Waals surface area contributed by atoms with Gasteiger partial charge in [-0.15, -0.1) is 0 Å². The minimum atomic E-state index is -2.78. The summed E-state index contributed by atoms with van der Waals surface area (Å²) in [5.74, 6) is -0.345. The van der Waals surface area contributed by atoms with Crippen LogP contribution in [0.1, 0.15) is 29.4 Å². The van der Waals surface area contributed by atoms with Crippen LogP contribution in [-0.4, -0.2) is 27.2 Å². The maximum absolute atomic E-state index is 13.2. The fraction of sp³-hybridized carbons (Fsp3) is 0.214. The van der Waals surface area contributed by atoms with Crippen molar-refractivity contribution in [2.75, 3.05) is 6.61 Å². The van der Waals surface area contributed by atoms with Gasteiger partial charge in [0, 0.05) is 0 Å². The third-order valence-corrected chi connectivity index (χ3v) is 2.99. The van der Waals surface area contributed by atoms with Crippen molar-refractivity contribution >= 4 is 11.6 Å². The van der Waals surface area contributed by atoms with Gasteiger partial charge >= 0.3 is 5.97 Å². The lowest BCUT2D eigenvalue weighted by Gasteiger charge is -2.06. The van der Waals surface area contributed by atoms with E-state index >= 15 is 0 Å². The molecule has 0 radical (unpaired) electrons. The van der Waals surface area contributed by atoms with E-state index in [1.54, 1.807) is 19.1 Å². The standard InChI is InChI=1S/C14H11F2N3O3/c1-2-21-14(20)8-7-17-19-10(12(15)16)6-9(18-13(8)19)11-4-3-5-22-11/h3-7,12H,2H2,1H3. The number of fused-ring (bicyclic) bond motifs is 1. The number of halogens is 2. The average molecular weight is 307 g/mol. The molecule has 22 heavy (non-hydrogen) atoms. The highest BCUT2D eigenvalue weighted by atomic mass is 19.3. The normalized spacial score (nSPS) is 11.3. The van der Waals surface area contributed by atoms with Crippen LogP contribution >= 0.6 is 0 Å². The third kappa shape index (κ3) is 2.32. The van der Waals surface area contributed by atoms with Gasteiger partial charge in [0.2, 0.25) is 0 Å². The summed E-state index contributed by atoms with van der Waals surface area (Å²) < 4.78 is 37.5. The average Bonchev–Trinajstić information content (AvgIpc) is 3.15. The van der Waals surface area contributed by atoms with Crippen LogP contribution in [0.2, 0.25) is 0 Å². The number of aromatic nitrogens is 3. The first-order chi connectivity index (χ1) is 10.6. The van der Waals surface area contributed by atoms with E-state index in [2.05, 4.69) is 10.1 Å². The zero-order valence-electron chi connectivity index (χ0n) is 11.5. The second-order valence-corrected chi connectivity index (χ2v) is 4.36. The van der Waals surface area contributed by atoms with E-state index in [1.807, 2.05) is 0 Å². The molecule has 3 heterocycles. The van der Waals surface area contributed by atoms with Crippen LogP contribution in [-0.2, 0) is 4.74 Å².